The Morgan fingerprint density at radius 2 is 1.88 bits per heavy atom. The van der Waals surface area contributed by atoms with E-state index in [0.717, 1.165) is 25.5 Å². The van der Waals surface area contributed by atoms with Gasteiger partial charge in [-0.2, -0.15) is 0 Å². The lowest BCUT2D eigenvalue weighted by Crippen LogP contribution is -2.49. The maximum absolute atomic E-state index is 13.7. The number of piperidine rings is 1. The number of benzene rings is 1. The van der Waals surface area contributed by atoms with Crippen molar-refractivity contribution in [3.8, 4) is 0 Å². The molecular formula is C29H39ClN4O7. The normalized spacial score (nSPS) is 16.1. The molecule has 0 saturated carbocycles. The first kappa shape index (κ1) is 32.0. The molecule has 1 aromatic carbocycles. The summed E-state index contributed by atoms with van der Waals surface area (Å²) in [5, 5.41) is 6.01. The highest BCUT2D eigenvalue weighted by Gasteiger charge is 2.33. The molecule has 2 atom stereocenters. The highest BCUT2D eigenvalue weighted by atomic mass is 35.5. The van der Waals surface area contributed by atoms with E-state index in [0.29, 0.717) is 35.2 Å². The summed E-state index contributed by atoms with van der Waals surface area (Å²) in [7, 11) is 2.65. The third-order valence-electron chi connectivity index (χ3n) is 6.58. The number of amides is 2. The second-order valence-corrected chi connectivity index (χ2v) is 11.4. The van der Waals surface area contributed by atoms with E-state index in [2.05, 4.69) is 20.5 Å². The molecule has 0 aliphatic carbocycles. The standard InChI is InChI=1S/C29H39ClN4O7/c1-17(35)24(27(37)40-6)33-26(36)23-20(14-18-10-7-8-12-21(18)30)25(32-22(23)16-39-5)34-13-9-11-19(15-34)31-28(38)41-29(2,3)4/h7-8,10,12,19,24,32H,9,11,13-16H2,1-6H3,(H,31,38)(H,33,36)/t19-,24?/m1/s1. The minimum Gasteiger partial charge on any atom is -0.467 e. The average molecular weight is 591 g/mol. The summed E-state index contributed by atoms with van der Waals surface area (Å²) in [6, 6.07) is 5.65. The second-order valence-electron chi connectivity index (χ2n) is 11.0. The number of carbonyl (C=O) groups excluding carboxylic acids is 4. The molecule has 1 aliphatic rings. The van der Waals surface area contributed by atoms with Crippen LogP contribution in [0.15, 0.2) is 24.3 Å². The number of nitrogens with zero attached hydrogens (tertiary/aromatic N) is 1. The van der Waals surface area contributed by atoms with Crippen LogP contribution in [-0.2, 0) is 36.8 Å². The van der Waals surface area contributed by atoms with Crippen molar-refractivity contribution in [3.63, 3.8) is 0 Å². The van der Waals surface area contributed by atoms with Crippen LogP contribution in [0.3, 0.4) is 0 Å². The Balaban J connectivity index is 2.04. The molecule has 0 bridgehead atoms. The fourth-order valence-corrected chi connectivity index (χ4v) is 5.00. The van der Waals surface area contributed by atoms with E-state index in [4.69, 9.17) is 25.8 Å². The van der Waals surface area contributed by atoms with E-state index in [1.807, 2.05) is 18.2 Å². The summed E-state index contributed by atoms with van der Waals surface area (Å²) < 4.78 is 15.6. The van der Waals surface area contributed by atoms with Crippen LogP contribution in [0.4, 0.5) is 10.6 Å². The monoisotopic (exact) mass is 590 g/mol. The van der Waals surface area contributed by atoms with Gasteiger partial charge >= 0.3 is 12.1 Å². The highest BCUT2D eigenvalue weighted by molar-refractivity contribution is 6.31. The molecule has 2 amide bonds. The summed E-state index contributed by atoms with van der Waals surface area (Å²) in [5.41, 5.74) is 1.49. The lowest BCUT2D eigenvalue weighted by atomic mass is 9.99. The molecule has 224 valence electrons. The quantitative estimate of drug-likeness (QED) is 0.281. The Kier molecular flexibility index (Phi) is 10.8. The first-order valence-electron chi connectivity index (χ1n) is 13.4. The van der Waals surface area contributed by atoms with Crippen molar-refractivity contribution in [2.75, 3.05) is 32.2 Å². The number of H-pyrrole nitrogens is 1. The van der Waals surface area contributed by atoms with Gasteiger partial charge in [0.15, 0.2) is 11.8 Å². The summed E-state index contributed by atoms with van der Waals surface area (Å²) in [6.07, 6.45) is 1.32. The van der Waals surface area contributed by atoms with Crippen LogP contribution in [0.1, 0.15) is 67.7 Å². The predicted molar refractivity (Wildman–Crippen MR) is 154 cm³/mol. The van der Waals surface area contributed by atoms with Crippen molar-refractivity contribution in [3.05, 3.63) is 51.7 Å². The van der Waals surface area contributed by atoms with Gasteiger partial charge in [-0.25, -0.2) is 9.59 Å². The molecule has 41 heavy (non-hydrogen) atoms. The zero-order chi connectivity index (χ0) is 30.3. The molecule has 1 saturated heterocycles. The number of nitrogens with one attached hydrogen (secondary N) is 3. The molecule has 1 aromatic heterocycles. The molecule has 1 fully saturated rings. The third kappa shape index (κ3) is 8.46. The molecule has 2 aromatic rings. The van der Waals surface area contributed by atoms with Gasteiger partial charge in [-0.05, 0) is 52.2 Å². The number of anilines is 1. The second kappa shape index (κ2) is 13.9. The topological polar surface area (TPSA) is 139 Å². The van der Waals surface area contributed by atoms with Crippen LogP contribution in [0.2, 0.25) is 5.02 Å². The maximum atomic E-state index is 13.7. The van der Waals surface area contributed by atoms with Crippen LogP contribution in [0.5, 0.6) is 0 Å². The molecule has 11 nitrogen and oxygen atoms in total. The van der Waals surface area contributed by atoms with Crippen molar-refractivity contribution in [1.82, 2.24) is 15.6 Å². The van der Waals surface area contributed by atoms with Crippen LogP contribution in [-0.4, -0.2) is 73.7 Å². The molecular weight excluding hydrogens is 552 g/mol. The Morgan fingerprint density at radius 1 is 1.17 bits per heavy atom. The molecule has 1 aliphatic heterocycles. The van der Waals surface area contributed by atoms with Crippen molar-refractivity contribution < 1.29 is 33.4 Å². The van der Waals surface area contributed by atoms with E-state index in [-0.39, 0.29) is 24.6 Å². The molecule has 0 spiro atoms. The molecule has 0 radical (unpaired) electrons. The first-order chi connectivity index (χ1) is 19.3. The van der Waals surface area contributed by atoms with E-state index >= 15 is 0 Å². The number of methoxy groups -OCH3 is 2. The highest BCUT2D eigenvalue weighted by Crippen LogP contribution is 2.33. The molecule has 2 heterocycles. The fraction of sp³-hybridized carbons (Fsp3) is 0.517. The van der Waals surface area contributed by atoms with Crippen LogP contribution >= 0.6 is 11.6 Å². The number of Topliss-reactive ketones (excluding diaryl/α,β-unsaturated/α-hetero) is 1. The van der Waals surface area contributed by atoms with E-state index in [1.165, 1.54) is 14.0 Å². The van der Waals surface area contributed by atoms with Gasteiger partial charge in [-0.3, -0.25) is 9.59 Å². The molecule has 3 N–H and O–H groups in total. The number of aromatic amines is 1. The molecule has 1 unspecified atom stereocenters. The Labute approximate surface area is 245 Å². The Bertz CT molecular complexity index is 1270. The number of aromatic nitrogens is 1. The number of hydrogen-bond acceptors (Lipinski definition) is 8. The van der Waals surface area contributed by atoms with Crippen molar-refractivity contribution in [1.29, 1.82) is 0 Å². The third-order valence-corrected chi connectivity index (χ3v) is 6.95. The Hall–Kier alpha value is -3.57. The van der Waals surface area contributed by atoms with Gasteiger partial charge in [0.25, 0.3) is 5.91 Å². The summed E-state index contributed by atoms with van der Waals surface area (Å²) in [5.74, 6) is -1.40. The van der Waals surface area contributed by atoms with E-state index in [1.54, 1.807) is 26.8 Å². The number of esters is 1. The largest absolute Gasteiger partial charge is 0.467 e. The zero-order valence-corrected chi connectivity index (χ0v) is 25.1. The van der Waals surface area contributed by atoms with Gasteiger partial charge in [0, 0.05) is 43.2 Å². The lowest BCUT2D eigenvalue weighted by molar-refractivity contribution is -0.145. The van der Waals surface area contributed by atoms with E-state index < -0.39 is 35.4 Å². The average Bonchev–Trinajstić information content (AvgIpc) is 3.24. The van der Waals surface area contributed by atoms with Crippen LogP contribution in [0.25, 0.3) is 0 Å². The smallest absolute Gasteiger partial charge is 0.407 e. The van der Waals surface area contributed by atoms with Gasteiger partial charge in [0.2, 0.25) is 0 Å². The maximum Gasteiger partial charge on any atom is 0.407 e. The number of alkyl carbamates (subject to hydrolysis) is 1. The Morgan fingerprint density at radius 3 is 2.49 bits per heavy atom. The van der Waals surface area contributed by atoms with Gasteiger partial charge in [-0.1, -0.05) is 29.8 Å². The van der Waals surface area contributed by atoms with Gasteiger partial charge in [0.1, 0.15) is 11.4 Å². The number of halogens is 1. The molecule has 3 rings (SSSR count). The lowest BCUT2D eigenvalue weighted by Gasteiger charge is -2.35. The zero-order valence-electron chi connectivity index (χ0n) is 24.4. The summed E-state index contributed by atoms with van der Waals surface area (Å²) in [4.78, 5) is 56.1. The number of ketones is 1. The van der Waals surface area contributed by atoms with Crippen molar-refractivity contribution in [2.24, 2.45) is 0 Å². The van der Waals surface area contributed by atoms with Crippen molar-refractivity contribution >= 4 is 41.2 Å². The molecule has 12 heteroatoms. The number of carbonyl (C=O) groups is 4. The van der Waals surface area contributed by atoms with Gasteiger partial charge in [-0.15, -0.1) is 0 Å². The fourth-order valence-electron chi connectivity index (χ4n) is 4.80. The SMILES string of the molecule is COCc1[nH]c(N2CCC[C@@H](NC(=O)OC(C)(C)C)C2)c(Cc2ccccc2Cl)c1C(=O)NC(C(C)=O)C(=O)OC. The van der Waals surface area contributed by atoms with Gasteiger partial charge < -0.3 is 34.7 Å². The minimum atomic E-state index is -1.47. The number of ether oxygens (including phenoxy) is 3. The minimum absolute atomic E-state index is 0.0642. The van der Waals surface area contributed by atoms with Gasteiger partial charge in [0.05, 0.1) is 25.0 Å². The van der Waals surface area contributed by atoms with Crippen molar-refractivity contribution in [2.45, 2.75) is 71.2 Å². The van der Waals surface area contributed by atoms with E-state index in [9.17, 15) is 19.2 Å². The van der Waals surface area contributed by atoms with Crippen LogP contribution < -0.4 is 15.5 Å². The first-order valence-corrected chi connectivity index (χ1v) is 13.8. The summed E-state index contributed by atoms with van der Waals surface area (Å²) >= 11 is 6.52. The number of hydrogen-bond donors (Lipinski definition) is 3. The van der Waals surface area contributed by atoms with Crippen LogP contribution in [0, 0.1) is 0 Å². The predicted octanol–water partition coefficient (Wildman–Crippen LogP) is 3.76. The summed E-state index contributed by atoms with van der Waals surface area (Å²) in [6.45, 7) is 7.81. The number of rotatable bonds is 10.